The molecule has 0 amide bonds. The number of thiocarbonyl (C=S) groups is 1. The number of aryl methyl sites for hydroxylation is 1. The zero-order valence-electron chi connectivity index (χ0n) is 17.9. The van der Waals surface area contributed by atoms with Crippen molar-refractivity contribution >= 4 is 52.0 Å². The van der Waals surface area contributed by atoms with Crippen molar-refractivity contribution in [2.45, 2.75) is 26.9 Å². The summed E-state index contributed by atoms with van der Waals surface area (Å²) in [5.74, 6) is 0.341. The van der Waals surface area contributed by atoms with Crippen LogP contribution >= 0.6 is 35.4 Å². The van der Waals surface area contributed by atoms with E-state index in [-0.39, 0.29) is 5.82 Å². The van der Waals surface area contributed by atoms with Crippen molar-refractivity contribution in [2.24, 2.45) is 0 Å². The molecule has 33 heavy (non-hydrogen) atoms. The first kappa shape index (κ1) is 23.2. The van der Waals surface area contributed by atoms with Crippen molar-refractivity contribution in [3.05, 3.63) is 93.1 Å². The maximum atomic E-state index is 13.1. The van der Waals surface area contributed by atoms with Gasteiger partial charge in [0.1, 0.15) is 5.82 Å². The van der Waals surface area contributed by atoms with Crippen LogP contribution in [-0.4, -0.2) is 24.7 Å². The van der Waals surface area contributed by atoms with E-state index in [1.54, 1.807) is 22.9 Å². The molecule has 4 aromatic rings. The number of halogens is 3. The largest absolute Gasteiger partial charge is 0.329 e. The molecule has 0 spiro atoms. The van der Waals surface area contributed by atoms with Gasteiger partial charge in [0.05, 0.1) is 30.2 Å². The van der Waals surface area contributed by atoms with Gasteiger partial charge in [0.25, 0.3) is 0 Å². The van der Waals surface area contributed by atoms with Crippen molar-refractivity contribution in [3.63, 3.8) is 0 Å². The lowest BCUT2D eigenvalue weighted by Crippen LogP contribution is -2.20. The Balaban J connectivity index is 1.40. The molecule has 0 saturated heterocycles. The lowest BCUT2D eigenvalue weighted by atomic mass is 10.2. The third-order valence-electron chi connectivity index (χ3n) is 5.10. The van der Waals surface area contributed by atoms with E-state index in [0.29, 0.717) is 34.1 Å². The van der Waals surface area contributed by atoms with Gasteiger partial charge in [0, 0.05) is 22.3 Å². The van der Waals surface area contributed by atoms with Gasteiger partial charge in [-0.3, -0.25) is 9.36 Å². The fourth-order valence-corrected chi connectivity index (χ4v) is 4.07. The fourth-order valence-electron chi connectivity index (χ4n) is 3.40. The van der Waals surface area contributed by atoms with Crippen LogP contribution in [0.5, 0.6) is 0 Å². The predicted molar refractivity (Wildman–Crippen MR) is 135 cm³/mol. The third-order valence-corrected chi connectivity index (χ3v) is 5.89. The number of nitrogens with one attached hydrogen (secondary N) is 2. The summed E-state index contributed by atoms with van der Waals surface area (Å²) in [7, 11) is 0. The highest BCUT2D eigenvalue weighted by Gasteiger charge is 2.15. The normalized spacial score (nSPS) is 10.9. The second-order valence-electron chi connectivity index (χ2n) is 7.54. The Morgan fingerprint density at radius 1 is 1.00 bits per heavy atom. The summed E-state index contributed by atoms with van der Waals surface area (Å²) in [6.07, 6.45) is 1.83. The van der Waals surface area contributed by atoms with Crippen LogP contribution in [0.15, 0.2) is 54.7 Å². The fraction of sp³-hybridized carbons (Fsp3) is 0.174. The minimum absolute atomic E-state index is 0.261. The van der Waals surface area contributed by atoms with Crippen molar-refractivity contribution < 1.29 is 4.39 Å². The van der Waals surface area contributed by atoms with E-state index >= 15 is 0 Å². The molecule has 0 fully saturated rings. The molecule has 0 bridgehead atoms. The van der Waals surface area contributed by atoms with Crippen LogP contribution in [0.25, 0.3) is 0 Å². The predicted octanol–water partition coefficient (Wildman–Crippen LogP) is 6.05. The van der Waals surface area contributed by atoms with Crippen LogP contribution < -0.4 is 10.6 Å². The first-order valence-corrected chi connectivity index (χ1v) is 11.3. The monoisotopic (exact) mass is 502 g/mol. The molecule has 0 saturated carbocycles. The van der Waals surface area contributed by atoms with Gasteiger partial charge in [-0.25, -0.2) is 4.39 Å². The highest BCUT2D eigenvalue weighted by Crippen LogP contribution is 2.25. The molecule has 0 unspecified atom stereocenters. The number of rotatable bonds is 6. The highest BCUT2D eigenvalue weighted by molar-refractivity contribution is 7.80. The average Bonchev–Trinajstić information content (AvgIpc) is 3.30. The van der Waals surface area contributed by atoms with Crippen LogP contribution in [0.3, 0.4) is 0 Å². The van der Waals surface area contributed by atoms with Crippen LogP contribution in [0.2, 0.25) is 10.0 Å². The Morgan fingerprint density at radius 2 is 1.76 bits per heavy atom. The molecule has 0 atom stereocenters. The molecule has 0 aliphatic rings. The molecule has 2 heterocycles. The summed E-state index contributed by atoms with van der Waals surface area (Å²) < 4.78 is 16.7. The number of anilines is 2. The maximum Gasteiger partial charge on any atom is 0.176 e. The van der Waals surface area contributed by atoms with Gasteiger partial charge in [0.15, 0.2) is 10.9 Å². The van der Waals surface area contributed by atoms with Gasteiger partial charge in [-0.15, -0.1) is 0 Å². The maximum absolute atomic E-state index is 13.1. The third kappa shape index (κ3) is 5.71. The lowest BCUT2D eigenvalue weighted by molar-refractivity contribution is 0.624. The first-order valence-electron chi connectivity index (χ1n) is 10.1. The average molecular weight is 503 g/mol. The molecule has 0 aliphatic heterocycles. The molecule has 0 radical (unpaired) electrons. The molecule has 170 valence electrons. The van der Waals surface area contributed by atoms with Crippen molar-refractivity contribution in [2.75, 3.05) is 10.6 Å². The molecular weight excluding hydrogens is 482 g/mol. The summed E-state index contributed by atoms with van der Waals surface area (Å²) in [5.41, 5.74) is 4.42. The Kier molecular flexibility index (Phi) is 6.97. The number of aromatic nitrogens is 4. The minimum Gasteiger partial charge on any atom is -0.329 e. The van der Waals surface area contributed by atoms with Crippen molar-refractivity contribution in [1.29, 1.82) is 0 Å². The first-order chi connectivity index (χ1) is 15.8. The summed E-state index contributed by atoms with van der Waals surface area (Å²) in [6, 6.07) is 13.6. The van der Waals surface area contributed by atoms with Crippen LogP contribution in [0, 0.1) is 19.7 Å². The topological polar surface area (TPSA) is 59.7 Å². The number of hydrogen-bond acceptors (Lipinski definition) is 3. The van der Waals surface area contributed by atoms with Gasteiger partial charge in [0.2, 0.25) is 0 Å². The molecule has 4 rings (SSSR count). The van der Waals surface area contributed by atoms with Crippen LogP contribution in [0.1, 0.15) is 22.5 Å². The Hall–Kier alpha value is -2.94. The van der Waals surface area contributed by atoms with Gasteiger partial charge >= 0.3 is 0 Å². The van der Waals surface area contributed by atoms with Gasteiger partial charge in [-0.1, -0.05) is 41.4 Å². The van der Waals surface area contributed by atoms with E-state index in [1.165, 1.54) is 12.1 Å². The van der Waals surface area contributed by atoms with E-state index in [2.05, 4.69) is 20.8 Å². The molecule has 2 aromatic heterocycles. The van der Waals surface area contributed by atoms with Crippen molar-refractivity contribution in [1.82, 2.24) is 19.6 Å². The smallest absolute Gasteiger partial charge is 0.176 e. The highest BCUT2D eigenvalue weighted by atomic mass is 35.5. The molecule has 2 aromatic carbocycles. The molecule has 2 N–H and O–H groups in total. The Bertz CT molecular complexity index is 1300. The van der Waals surface area contributed by atoms with Crippen LogP contribution in [-0.2, 0) is 13.1 Å². The molecule has 10 heteroatoms. The van der Waals surface area contributed by atoms with Gasteiger partial charge < -0.3 is 10.6 Å². The summed E-state index contributed by atoms with van der Waals surface area (Å²) in [5, 5.41) is 17.0. The SMILES string of the molecule is Cc1nn(Cc2ccc(Cl)cc2Cl)c(C)c1NC(=S)Nc1ccn(Cc2ccc(F)cc2)n1. The minimum atomic E-state index is -0.261. The number of benzene rings is 2. The zero-order valence-corrected chi connectivity index (χ0v) is 20.3. The van der Waals surface area contributed by atoms with E-state index in [0.717, 1.165) is 28.2 Å². The van der Waals surface area contributed by atoms with Crippen molar-refractivity contribution in [3.8, 4) is 0 Å². The Morgan fingerprint density at radius 3 is 2.48 bits per heavy atom. The number of nitrogens with zero attached hydrogens (tertiary/aromatic N) is 4. The quantitative estimate of drug-likeness (QED) is 0.314. The van der Waals surface area contributed by atoms with E-state index < -0.39 is 0 Å². The van der Waals surface area contributed by atoms with E-state index in [9.17, 15) is 4.39 Å². The van der Waals surface area contributed by atoms with Crippen LogP contribution in [0.4, 0.5) is 15.9 Å². The second-order valence-corrected chi connectivity index (χ2v) is 8.80. The van der Waals surface area contributed by atoms with Gasteiger partial charge in [-0.05, 0) is 61.5 Å². The van der Waals surface area contributed by atoms with E-state index in [1.807, 2.05) is 42.9 Å². The zero-order chi connectivity index (χ0) is 23.5. The second kappa shape index (κ2) is 9.91. The molecule has 6 nitrogen and oxygen atoms in total. The number of hydrogen-bond donors (Lipinski definition) is 2. The van der Waals surface area contributed by atoms with Gasteiger partial charge in [-0.2, -0.15) is 10.2 Å². The lowest BCUT2D eigenvalue weighted by Gasteiger charge is -2.10. The summed E-state index contributed by atoms with van der Waals surface area (Å²) in [6.45, 7) is 4.92. The molecular formula is C23H21Cl2FN6S. The Labute approximate surface area is 206 Å². The van der Waals surface area contributed by atoms with E-state index in [4.69, 9.17) is 35.4 Å². The molecule has 0 aliphatic carbocycles. The standard InChI is InChI=1S/C23H21Cl2FN6S/c1-14-22(15(2)32(29-14)13-17-5-6-18(24)11-20(17)25)28-23(33)27-21-9-10-31(30-21)12-16-3-7-19(26)8-4-16/h3-11H,12-13H2,1-2H3,(H2,27,28,30,33). The summed E-state index contributed by atoms with van der Waals surface area (Å²) >= 11 is 17.8. The summed E-state index contributed by atoms with van der Waals surface area (Å²) in [4.78, 5) is 0.